The Balaban J connectivity index is 0.000000192. The molecular weight excluding hydrogens is 1120 g/mol. The number of carbonyl (C=O) groups is 4. The predicted octanol–water partition coefficient (Wildman–Crippen LogP) is 10.0. The van der Waals surface area contributed by atoms with Gasteiger partial charge in [0.1, 0.15) is 0 Å². The van der Waals surface area contributed by atoms with Crippen molar-refractivity contribution >= 4 is 68.4 Å². The van der Waals surface area contributed by atoms with E-state index in [9.17, 15) is 19.2 Å². The molecule has 1 unspecified atom stereocenters. The molecule has 0 radical (unpaired) electrons. The lowest BCUT2D eigenvalue weighted by Crippen LogP contribution is -2.50. The summed E-state index contributed by atoms with van der Waals surface area (Å²) in [4.78, 5) is 63.2. The fourth-order valence-electron chi connectivity index (χ4n) is 12.3. The molecule has 5 atom stereocenters. The Morgan fingerprint density at radius 3 is 1.34 bits per heavy atom. The van der Waals surface area contributed by atoms with Gasteiger partial charge in [-0.3, -0.25) is 29.0 Å². The molecular formula is C70H82Cl2N8O6. The number of morpholine rings is 2. The monoisotopic (exact) mass is 1200 g/mol. The van der Waals surface area contributed by atoms with Crippen LogP contribution < -0.4 is 21.3 Å². The van der Waals surface area contributed by atoms with Gasteiger partial charge in [-0.15, -0.1) is 0 Å². The van der Waals surface area contributed by atoms with E-state index in [0.717, 1.165) is 113 Å². The zero-order valence-electron chi connectivity index (χ0n) is 49.4. The third-order valence-electron chi connectivity index (χ3n) is 17.4. The first-order valence-electron chi connectivity index (χ1n) is 30.8. The van der Waals surface area contributed by atoms with E-state index in [-0.39, 0.29) is 53.7 Å². The number of halogens is 2. The van der Waals surface area contributed by atoms with Crippen LogP contribution in [0.15, 0.2) is 164 Å². The van der Waals surface area contributed by atoms with Crippen LogP contribution >= 0.6 is 23.2 Å². The van der Waals surface area contributed by atoms with Crippen LogP contribution in [-0.2, 0) is 19.1 Å². The van der Waals surface area contributed by atoms with Gasteiger partial charge < -0.3 is 40.5 Å². The number of fused-ring (bicyclic) bond motifs is 2. The highest BCUT2D eigenvalue weighted by molar-refractivity contribution is 6.31. The molecule has 11 rings (SSSR count). The molecule has 0 saturated carbocycles. The second kappa shape index (κ2) is 31.3. The summed E-state index contributed by atoms with van der Waals surface area (Å²) in [6.07, 6.45) is 3.93. The molecule has 86 heavy (non-hydrogen) atoms. The maximum atomic E-state index is 14.2. The number of rotatable bonds is 20. The van der Waals surface area contributed by atoms with E-state index in [1.807, 2.05) is 95.9 Å². The molecule has 4 aliphatic rings. The molecule has 4 amide bonds. The van der Waals surface area contributed by atoms with Gasteiger partial charge in [0.15, 0.2) is 0 Å². The van der Waals surface area contributed by atoms with Crippen LogP contribution in [0.3, 0.4) is 0 Å². The number of ether oxygens (including phenoxy) is 2. The van der Waals surface area contributed by atoms with E-state index in [1.54, 1.807) is 0 Å². The maximum absolute atomic E-state index is 14.2. The van der Waals surface area contributed by atoms with Gasteiger partial charge in [-0.2, -0.15) is 0 Å². The zero-order chi connectivity index (χ0) is 59.6. The number of hydrogen-bond donors (Lipinski definition) is 4. The number of carbonyl (C=O) groups excluding carboxylic acids is 4. The molecule has 0 aliphatic carbocycles. The highest BCUT2D eigenvalue weighted by atomic mass is 35.5. The summed E-state index contributed by atoms with van der Waals surface area (Å²) < 4.78 is 11.0. The van der Waals surface area contributed by atoms with Crippen LogP contribution in [0.2, 0.25) is 10.0 Å². The van der Waals surface area contributed by atoms with Crippen molar-refractivity contribution in [1.82, 2.24) is 40.9 Å². The van der Waals surface area contributed by atoms with Crippen molar-refractivity contribution in [3.05, 3.63) is 202 Å². The van der Waals surface area contributed by atoms with Gasteiger partial charge in [0, 0.05) is 124 Å². The van der Waals surface area contributed by atoms with Gasteiger partial charge in [0.05, 0.1) is 38.5 Å². The third kappa shape index (κ3) is 17.3. The van der Waals surface area contributed by atoms with E-state index in [1.165, 1.54) is 16.7 Å². The van der Waals surface area contributed by atoms with Crippen molar-refractivity contribution in [1.29, 1.82) is 0 Å². The Morgan fingerprint density at radius 2 is 0.907 bits per heavy atom. The molecule has 0 spiro atoms. The van der Waals surface area contributed by atoms with E-state index >= 15 is 0 Å². The van der Waals surface area contributed by atoms with Gasteiger partial charge in [0.25, 0.3) is 11.8 Å². The Bertz CT molecular complexity index is 3290. The first kappa shape index (κ1) is 62.3. The summed E-state index contributed by atoms with van der Waals surface area (Å²) in [6, 6.07) is 53.3. The lowest BCUT2D eigenvalue weighted by Gasteiger charge is -2.31. The molecule has 4 heterocycles. The molecule has 16 heteroatoms. The van der Waals surface area contributed by atoms with Crippen LogP contribution in [0.4, 0.5) is 0 Å². The van der Waals surface area contributed by atoms with Crippen molar-refractivity contribution in [2.75, 3.05) is 105 Å². The summed E-state index contributed by atoms with van der Waals surface area (Å²) in [5.41, 5.74) is 4.88. The molecule has 452 valence electrons. The van der Waals surface area contributed by atoms with Crippen molar-refractivity contribution in [2.45, 2.75) is 75.0 Å². The number of hydrogen-bond acceptors (Lipinski definition) is 10. The lowest BCUT2D eigenvalue weighted by molar-refractivity contribution is -0.134. The molecule has 7 aromatic rings. The standard InChI is InChI=1S/C37H41ClN4O3.C33H41ClN4O3/c38-32-14-13-29-23-31(12-11-30(29)24-32)36(43)39-25-33-15-18-42(37(44)35(40-33)16-17-41-19-21-45-22-20-41)26-34(27-7-3-1-4-8-27)28-9-5-2-6-10-28;1-2-24(25-6-4-3-5-7-25)23-38-15-12-30(36-31(33(38)40)13-14-37-16-18-41-19-17-37)22-35-32(39)28-9-8-27-21-29(34)11-10-26(27)20-28/h1-14,23-24,33-35,40H,15-22,25-26H2,(H,39,43);3-11,20-21,24,30-31,36H,2,12-19,22-23H2,1H3,(H,35,39)/t33-,35-;24?,30-,31-/m00/s1. The molecule has 0 bridgehead atoms. The SMILES string of the molecule is CCC(CN1CC[C@@H](CNC(=O)c2ccc3cc(Cl)ccc3c2)N[C@@H](CCN2CCOCC2)C1=O)c1ccccc1.O=C(NC[C@@H]1CCN(CC(c2ccccc2)c2ccccc2)C(=O)[C@H](CCN2CCOCC2)N1)c1ccc2cc(Cl)ccc2c1. The van der Waals surface area contributed by atoms with Gasteiger partial charge in [-0.25, -0.2) is 0 Å². The minimum absolute atomic E-state index is 0.00125. The fraction of sp³-hybridized carbons (Fsp3) is 0.400. The van der Waals surface area contributed by atoms with E-state index in [4.69, 9.17) is 32.7 Å². The van der Waals surface area contributed by atoms with Crippen LogP contribution in [0.25, 0.3) is 21.5 Å². The molecule has 4 N–H and O–H groups in total. The molecule has 4 fully saturated rings. The third-order valence-corrected chi connectivity index (χ3v) is 17.9. The topological polar surface area (TPSA) is 148 Å². The quantitative estimate of drug-likeness (QED) is 0.0582. The van der Waals surface area contributed by atoms with Crippen molar-refractivity contribution in [3.8, 4) is 0 Å². The summed E-state index contributed by atoms with van der Waals surface area (Å²) in [7, 11) is 0. The first-order valence-corrected chi connectivity index (χ1v) is 31.6. The normalized spacial score (nSPS) is 20.2. The Labute approximate surface area is 516 Å². The minimum Gasteiger partial charge on any atom is -0.379 e. The van der Waals surface area contributed by atoms with E-state index in [2.05, 4.69) is 116 Å². The second-order valence-electron chi connectivity index (χ2n) is 23.2. The number of nitrogens with one attached hydrogen (secondary N) is 4. The van der Waals surface area contributed by atoms with Gasteiger partial charge >= 0.3 is 0 Å². The van der Waals surface area contributed by atoms with Crippen molar-refractivity contribution in [2.24, 2.45) is 0 Å². The number of benzene rings is 7. The van der Waals surface area contributed by atoms with E-state index < -0.39 is 0 Å². The van der Waals surface area contributed by atoms with Crippen LogP contribution in [0, 0.1) is 0 Å². The Morgan fingerprint density at radius 1 is 0.512 bits per heavy atom. The molecule has 4 aliphatic heterocycles. The highest BCUT2D eigenvalue weighted by Crippen LogP contribution is 2.29. The highest BCUT2D eigenvalue weighted by Gasteiger charge is 2.35. The molecule has 0 aromatic heterocycles. The van der Waals surface area contributed by atoms with Gasteiger partial charge in [-0.1, -0.05) is 145 Å². The number of amides is 4. The predicted molar refractivity (Wildman–Crippen MR) is 344 cm³/mol. The average molecular weight is 1200 g/mol. The van der Waals surface area contributed by atoms with Gasteiger partial charge in [0.2, 0.25) is 11.8 Å². The van der Waals surface area contributed by atoms with Crippen LogP contribution in [-0.4, -0.2) is 172 Å². The van der Waals surface area contributed by atoms with Crippen LogP contribution in [0.1, 0.15) is 88.3 Å². The molecule has 14 nitrogen and oxygen atoms in total. The number of nitrogens with zero attached hydrogens (tertiary/aromatic N) is 4. The lowest BCUT2D eigenvalue weighted by atomic mass is 9.90. The van der Waals surface area contributed by atoms with Crippen molar-refractivity contribution in [3.63, 3.8) is 0 Å². The molecule has 4 saturated heterocycles. The van der Waals surface area contributed by atoms with Crippen LogP contribution in [0.5, 0.6) is 0 Å². The van der Waals surface area contributed by atoms with Gasteiger partial charge in [-0.05, 0) is 119 Å². The fourth-order valence-corrected chi connectivity index (χ4v) is 12.7. The first-order chi connectivity index (χ1) is 42.0. The minimum atomic E-state index is -0.338. The molecule has 7 aromatic carbocycles. The summed E-state index contributed by atoms with van der Waals surface area (Å²) in [5, 5.41) is 18.8. The Hall–Kier alpha value is -6.72. The van der Waals surface area contributed by atoms with E-state index in [0.29, 0.717) is 72.8 Å². The smallest absolute Gasteiger partial charge is 0.251 e. The average Bonchev–Trinajstić information content (AvgIpc) is 3.95. The maximum Gasteiger partial charge on any atom is 0.251 e. The zero-order valence-corrected chi connectivity index (χ0v) is 50.9. The Kier molecular flexibility index (Phi) is 22.7. The summed E-state index contributed by atoms with van der Waals surface area (Å²) in [5.74, 6) is 0.404. The van der Waals surface area contributed by atoms with Crippen molar-refractivity contribution < 1.29 is 28.7 Å². The summed E-state index contributed by atoms with van der Waals surface area (Å²) in [6.45, 7) is 13.8. The second-order valence-corrected chi connectivity index (χ2v) is 24.1. The largest absolute Gasteiger partial charge is 0.379 e. The summed E-state index contributed by atoms with van der Waals surface area (Å²) >= 11 is 12.3.